The quantitative estimate of drug-likeness (QED) is 0.608. The van der Waals surface area contributed by atoms with Crippen molar-refractivity contribution < 1.29 is 19.1 Å². The van der Waals surface area contributed by atoms with Crippen molar-refractivity contribution in [2.45, 2.75) is 132 Å². The lowest BCUT2D eigenvalue weighted by molar-refractivity contribution is -0.135. The van der Waals surface area contributed by atoms with E-state index in [1.54, 1.807) is 0 Å². The van der Waals surface area contributed by atoms with Gasteiger partial charge in [0.05, 0.1) is 0 Å². The summed E-state index contributed by atoms with van der Waals surface area (Å²) in [5.74, 6) is 0.745. The van der Waals surface area contributed by atoms with Gasteiger partial charge in [-0.2, -0.15) is 0 Å². The first-order valence-electron chi connectivity index (χ1n) is 12.6. The molecular weight excluding hydrogens is 364 g/mol. The smallest absolute Gasteiger partial charge is 0.170 e. The summed E-state index contributed by atoms with van der Waals surface area (Å²) in [6, 6.07) is 0. The van der Waals surface area contributed by atoms with Gasteiger partial charge in [-0.25, -0.2) is 0 Å². The number of Topliss-reactive ketones (excluding diaryl/α,β-unsaturated/α-hetero) is 2. The molecule has 0 aromatic heterocycles. The van der Waals surface area contributed by atoms with Gasteiger partial charge in [0.2, 0.25) is 0 Å². The maximum atomic E-state index is 13.6. The number of carbonyl (C=O) groups is 2. The summed E-state index contributed by atoms with van der Waals surface area (Å²) in [6.07, 6.45) is 18.2. The Balaban J connectivity index is 1.17. The number of ketones is 2. The molecule has 6 fully saturated rings. The number of fused-ring (bicyclic) bond motifs is 2. The van der Waals surface area contributed by atoms with Crippen LogP contribution in [0.25, 0.3) is 0 Å². The summed E-state index contributed by atoms with van der Waals surface area (Å²) in [5.41, 5.74) is -1.23. The molecule has 0 bridgehead atoms. The average Bonchev–Trinajstić information content (AvgIpc) is 3.56. The highest BCUT2D eigenvalue weighted by Crippen LogP contribution is 2.64. The number of carbonyl (C=O) groups excluding carboxylic acids is 2. The molecule has 0 aromatic rings. The van der Waals surface area contributed by atoms with Crippen molar-refractivity contribution in [3.63, 3.8) is 0 Å². The van der Waals surface area contributed by atoms with E-state index in [0.29, 0.717) is 11.6 Å². The van der Waals surface area contributed by atoms with Crippen LogP contribution in [0, 0.1) is 11.8 Å². The van der Waals surface area contributed by atoms with Crippen molar-refractivity contribution in [2.75, 3.05) is 0 Å². The Kier molecular flexibility index (Phi) is 4.18. The highest BCUT2D eigenvalue weighted by atomic mass is 16.6. The Morgan fingerprint density at radius 1 is 0.586 bits per heavy atom. The molecule has 6 rings (SSSR count). The van der Waals surface area contributed by atoms with E-state index >= 15 is 0 Å². The summed E-state index contributed by atoms with van der Waals surface area (Å²) >= 11 is 0. The van der Waals surface area contributed by atoms with Crippen LogP contribution in [0.2, 0.25) is 0 Å². The second kappa shape index (κ2) is 6.38. The van der Waals surface area contributed by atoms with Gasteiger partial charge in [0.1, 0.15) is 11.2 Å². The standard InChI is InChI=1S/C25H36O4/c26-20-18(9-7-15-24(20)22(28-24)11-3-1-4-12-22)17-19-10-8-16-25(21(19)27)23(29-25)13-5-2-6-14-23/h18-19H,1-17H2. The minimum Gasteiger partial charge on any atom is -0.354 e. The first-order chi connectivity index (χ1) is 14.1. The van der Waals surface area contributed by atoms with Crippen LogP contribution in [0.1, 0.15) is 109 Å². The van der Waals surface area contributed by atoms with E-state index in [4.69, 9.17) is 9.47 Å². The van der Waals surface area contributed by atoms with E-state index in [1.807, 2.05) is 0 Å². The Labute approximate surface area is 174 Å². The maximum absolute atomic E-state index is 13.6. The third-order valence-corrected chi connectivity index (χ3v) is 9.72. The van der Waals surface area contributed by atoms with Gasteiger partial charge >= 0.3 is 0 Å². The van der Waals surface area contributed by atoms with E-state index in [2.05, 4.69) is 0 Å². The zero-order valence-corrected chi connectivity index (χ0v) is 17.8. The van der Waals surface area contributed by atoms with Gasteiger partial charge < -0.3 is 9.47 Å². The number of ether oxygens (including phenoxy) is 2. The lowest BCUT2D eigenvalue weighted by Gasteiger charge is -2.34. The lowest BCUT2D eigenvalue weighted by atomic mass is 9.64. The normalized spacial score (nSPS) is 45.2. The number of rotatable bonds is 2. The lowest BCUT2D eigenvalue weighted by Crippen LogP contribution is -2.46. The third kappa shape index (κ3) is 2.51. The molecule has 4 spiro atoms. The van der Waals surface area contributed by atoms with Crippen LogP contribution in [0.3, 0.4) is 0 Å². The summed E-state index contributed by atoms with van der Waals surface area (Å²) in [4.78, 5) is 27.1. The molecule has 0 aromatic carbocycles. The molecule has 6 aliphatic rings. The average molecular weight is 401 g/mol. The second-order valence-corrected chi connectivity index (χ2v) is 11.1. The van der Waals surface area contributed by atoms with Crippen LogP contribution >= 0.6 is 0 Å². The molecule has 2 heterocycles. The first-order valence-corrected chi connectivity index (χ1v) is 12.6. The van der Waals surface area contributed by atoms with Gasteiger partial charge in [0.25, 0.3) is 0 Å². The van der Waals surface area contributed by atoms with Crippen LogP contribution in [0.15, 0.2) is 0 Å². The van der Waals surface area contributed by atoms with E-state index in [0.717, 1.165) is 70.6 Å². The molecule has 4 saturated carbocycles. The van der Waals surface area contributed by atoms with Crippen molar-refractivity contribution in [1.29, 1.82) is 0 Å². The van der Waals surface area contributed by atoms with E-state index in [-0.39, 0.29) is 23.0 Å². The minimum absolute atomic E-state index is 0.0233. The van der Waals surface area contributed by atoms with Crippen LogP contribution in [0.4, 0.5) is 0 Å². The number of hydrogen-bond acceptors (Lipinski definition) is 4. The fourth-order valence-electron chi connectivity index (χ4n) is 8.14. The monoisotopic (exact) mass is 400 g/mol. The molecule has 4 unspecified atom stereocenters. The molecule has 2 saturated heterocycles. The van der Waals surface area contributed by atoms with Gasteiger partial charge in [0, 0.05) is 11.8 Å². The molecule has 2 aliphatic heterocycles. The van der Waals surface area contributed by atoms with Gasteiger partial charge in [-0.05, 0) is 70.6 Å². The van der Waals surface area contributed by atoms with Crippen LogP contribution in [0.5, 0.6) is 0 Å². The first kappa shape index (κ1) is 19.0. The number of hydrogen-bond donors (Lipinski definition) is 0. The van der Waals surface area contributed by atoms with E-state index < -0.39 is 11.2 Å². The SMILES string of the molecule is O=C1C(CC2CCCC3(OC34CCCCC4)C2=O)CCCC12OC21CCCCC1. The zero-order chi connectivity index (χ0) is 19.7. The van der Waals surface area contributed by atoms with Gasteiger partial charge in [0.15, 0.2) is 22.8 Å². The highest BCUT2D eigenvalue weighted by molar-refractivity contribution is 5.97. The van der Waals surface area contributed by atoms with Crippen molar-refractivity contribution in [1.82, 2.24) is 0 Å². The topological polar surface area (TPSA) is 59.2 Å². The second-order valence-electron chi connectivity index (χ2n) is 11.1. The molecule has 4 aliphatic carbocycles. The maximum Gasteiger partial charge on any atom is 0.170 e. The van der Waals surface area contributed by atoms with Gasteiger partial charge in [-0.15, -0.1) is 0 Å². The largest absolute Gasteiger partial charge is 0.354 e. The molecule has 160 valence electrons. The van der Waals surface area contributed by atoms with Crippen molar-refractivity contribution in [2.24, 2.45) is 11.8 Å². The fraction of sp³-hybridized carbons (Fsp3) is 0.920. The van der Waals surface area contributed by atoms with Crippen molar-refractivity contribution in [3.05, 3.63) is 0 Å². The Bertz CT molecular complexity index is 656. The molecule has 0 amide bonds. The molecule has 0 N–H and O–H groups in total. The molecule has 0 radical (unpaired) electrons. The minimum atomic E-state index is -0.480. The van der Waals surface area contributed by atoms with Crippen molar-refractivity contribution >= 4 is 11.6 Å². The zero-order valence-electron chi connectivity index (χ0n) is 17.8. The molecular formula is C25H36O4. The predicted molar refractivity (Wildman–Crippen MR) is 109 cm³/mol. The predicted octanol–water partition coefficient (Wildman–Crippen LogP) is 5.06. The Morgan fingerprint density at radius 3 is 1.41 bits per heavy atom. The molecule has 4 atom stereocenters. The van der Waals surface area contributed by atoms with Gasteiger partial charge in [-0.3, -0.25) is 9.59 Å². The molecule has 4 nitrogen and oxygen atoms in total. The Morgan fingerprint density at radius 2 is 1.00 bits per heavy atom. The number of epoxide rings is 2. The van der Waals surface area contributed by atoms with Crippen LogP contribution in [-0.4, -0.2) is 34.0 Å². The molecule has 4 heteroatoms. The van der Waals surface area contributed by atoms with Crippen molar-refractivity contribution in [3.8, 4) is 0 Å². The summed E-state index contributed by atoms with van der Waals surface area (Å²) in [5, 5.41) is 0. The van der Waals surface area contributed by atoms with Crippen LogP contribution < -0.4 is 0 Å². The Hall–Kier alpha value is -0.740. The summed E-state index contributed by atoms with van der Waals surface area (Å²) in [7, 11) is 0. The molecule has 29 heavy (non-hydrogen) atoms. The summed E-state index contributed by atoms with van der Waals surface area (Å²) < 4.78 is 12.6. The summed E-state index contributed by atoms with van der Waals surface area (Å²) in [6.45, 7) is 0. The van der Waals surface area contributed by atoms with E-state index in [9.17, 15) is 9.59 Å². The van der Waals surface area contributed by atoms with E-state index in [1.165, 1.54) is 38.5 Å². The highest BCUT2D eigenvalue weighted by Gasteiger charge is 2.76. The van der Waals surface area contributed by atoms with Crippen LogP contribution in [-0.2, 0) is 19.1 Å². The fourth-order valence-corrected chi connectivity index (χ4v) is 8.14. The third-order valence-electron chi connectivity index (χ3n) is 9.72. The van der Waals surface area contributed by atoms with Gasteiger partial charge in [-0.1, -0.05) is 38.5 Å².